The van der Waals surface area contributed by atoms with Gasteiger partial charge in [0.2, 0.25) is 0 Å². The molecular formula is C19H24N2O2. The zero-order chi connectivity index (χ0) is 16.3. The zero-order valence-corrected chi connectivity index (χ0v) is 13.2. The molecule has 0 heterocycles. The molecule has 2 rings (SSSR count). The van der Waals surface area contributed by atoms with Crippen LogP contribution in [-0.2, 0) is 0 Å². The van der Waals surface area contributed by atoms with Gasteiger partial charge in [-0.25, -0.2) is 4.79 Å². The fourth-order valence-electron chi connectivity index (χ4n) is 2.57. The third-order valence-corrected chi connectivity index (χ3v) is 3.74. The summed E-state index contributed by atoms with van der Waals surface area (Å²) >= 11 is 0. The first kappa shape index (κ1) is 17.0. The summed E-state index contributed by atoms with van der Waals surface area (Å²) in [5, 5.41) is 14.3. The molecule has 0 aromatic heterocycles. The lowest BCUT2D eigenvalue weighted by Gasteiger charge is -2.18. The van der Waals surface area contributed by atoms with Crippen LogP contribution >= 0.6 is 0 Å². The number of nitrogens with one attached hydrogen (secondary N) is 2. The second-order valence-corrected chi connectivity index (χ2v) is 5.42. The van der Waals surface area contributed by atoms with Gasteiger partial charge in [0.1, 0.15) is 0 Å². The summed E-state index contributed by atoms with van der Waals surface area (Å²) in [6.45, 7) is 1.17. The Bertz CT molecular complexity index is 533. The van der Waals surface area contributed by atoms with E-state index in [4.69, 9.17) is 5.11 Å². The van der Waals surface area contributed by atoms with E-state index in [2.05, 4.69) is 34.9 Å². The van der Waals surface area contributed by atoms with Gasteiger partial charge in [0.05, 0.1) is 0 Å². The highest BCUT2D eigenvalue weighted by molar-refractivity contribution is 5.73. The molecule has 0 fully saturated rings. The van der Waals surface area contributed by atoms with Crippen LogP contribution in [0.5, 0.6) is 0 Å². The van der Waals surface area contributed by atoms with Gasteiger partial charge in [-0.1, -0.05) is 60.7 Å². The van der Waals surface area contributed by atoms with Gasteiger partial charge in [-0.15, -0.1) is 0 Å². The van der Waals surface area contributed by atoms with Crippen molar-refractivity contribution in [2.75, 3.05) is 19.7 Å². The third-order valence-electron chi connectivity index (χ3n) is 3.74. The molecule has 23 heavy (non-hydrogen) atoms. The van der Waals surface area contributed by atoms with Crippen LogP contribution in [0.3, 0.4) is 0 Å². The number of hydrogen-bond acceptors (Lipinski definition) is 2. The van der Waals surface area contributed by atoms with Crippen LogP contribution in [-0.4, -0.2) is 30.8 Å². The highest BCUT2D eigenvalue weighted by atomic mass is 16.3. The van der Waals surface area contributed by atoms with Crippen LogP contribution in [0, 0.1) is 0 Å². The fourth-order valence-corrected chi connectivity index (χ4v) is 2.57. The molecule has 0 spiro atoms. The Labute approximate surface area is 137 Å². The summed E-state index contributed by atoms with van der Waals surface area (Å²) in [4.78, 5) is 11.7. The highest BCUT2D eigenvalue weighted by Gasteiger charge is 2.13. The number of urea groups is 1. The maximum atomic E-state index is 11.7. The maximum absolute atomic E-state index is 11.7. The van der Waals surface area contributed by atoms with E-state index in [1.807, 2.05) is 36.4 Å². The van der Waals surface area contributed by atoms with E-state index in [1.165, 1.54) is 11.1 Å². The molecule has 2 amide bonds. The molecule has 4 nitrogen and oxygen atoms in total. The molecule has 0 aliphatic carbocycles. The molecule has 0 bridgehead atoms. The van der Waals surface area contributed by atoms with E-state index >= 15 is 0 Å². The van der Waals surface area contributed by atoms with E-state index in [1.54, 1.807) is 0 Å². The Kier molecular flexibility index (Phi) is 7.14. The molecule has 3 N–H and O–H groups in total. The molecule has 122 valence electrons. The Morgan fingerprint density at radius 1 is 0.870 bits per heavy atom. The van der Waals surface area contributed by atoms with Gasteiger partial charge in [-0.2, -0.15) is 0 Å². The Balaban J connectivity index is 1.93. The van der Waals surface area contributed by atoms with E-state index in [0.29, 0.717) is 19.5 Å². The predicted octanol–water partition coefficient (Wildman–Crippen LogP) is 2.89. The molecule has 0 saturated heterocycles. The van der Waals surface area contributed by atoms with Crippen molar-refractivity contribution in [1.82, 2.24) is 10.6 Å². The van der Waals surface area contributed by atoms with Gasteiger partial charge in [0.15, 0.2) is 0 Å². The van der Waals surface area contributed by atoms with Crippen LogP contribution < -0.4 is 10.6 Å². The van der Waals surface area contributed by atoms with Gasteiger partial charge in [-0.05, 0) is 24.0 Å². The lowest BCUT2D eigenvalue weighted by Crippen LogP contribution is -2.37. The molecule has 0 radical (unpaired) electrons. The second kappa shape index (κ2) is 9.64. The Morgan fingerprint density at radius 2 is 1.39 bits per heavy atom. The standard InChI is InChI=1S/C19H24N2O2/c22-15-7-13-20-19(23)21-14-12-18(16-8-3-1-4-9-16)17-10-5-2-6-11-17/h1-6,8-11,18,22H,7,12-15H2,(H2,20,21,23). The van der Waals surface area contributed by atoms with Gasteiger partial charge in [-0.3, -0.25) is 0 Å². The fraction of sp³-hybridized carbons (Fsp3) is 0.316. The first-order valence-electron chi connectivity index (χ1n) is 8.03. The van der Waals surface area contributed by atoms with E-state index in [-0.39, 0.29) is 18.6 Å². The number of carbonyl (C=O) groups excluding carboxylic acids is 1. The molecule has 2 aromatic carbocycles. The lowest BCUT2D eigenvalue weighted by molar-refractivity contribution is 0.238. The first-order chi connectivity index (χ1) is 11.3. The quantitative estimate of drug-likeness (QED) is 0.656. The minimum atomic E-state index is -0.182. The molecule has 0 saturated carbocycles. The normalized spacial score (nSPS) is 10.5. The summed E-state index contributed by atoms with van der Waals surface area (Å²) in [5.41, 5.74) is 2.50. The second-order valence-electron chi connectivity index (χ2n) is 5.42. The average molecular weight is 312 g/mol. The number of aliphatic hydroxyl groups is 1. The SMILES string of the molecule is O=C(NCCCO)NCCC(c1ccccc1)c1ccccc1. The van der Waals surface area contributed by atoms with Crippen LogP contribution in [0.2, 0.25) is 0 Å². The number of hydrogen-bond donors (Lipinski definition) is 3. The Morgan fingerprint density at radius 3 is 1.91 bits per heavy atom. The monoisotopic (exact) mass is 312 g/mol. The minimum absolute atomic E-state index is 0.0877. The van der Waals surface area contributed by atoms with E-state index in [9.17, 15) is 4.79 Å². The first-order valence-corrected chi connectivity index (χ1v) is 8.03. The average Bonchev–Trinajstić information content (AvgIpc) is 2.60. The lowest BCUT2D eigenvalue weighted by atomic mass is 9.88. The molecule has 2 aromatic rings. The number of benzene rings is 2. The van der Waals surface area contributed by atoms with Gasteiger partial charge in [0.25, 0.3) is 0 Å². The van der Waals surface area contributed by atoms with Crippen LogP contribution in [0.4, 0.5) is 4.79 Å². The van der Waals surface area contributed by atoms with Crippen molar-refractivity contribution < 1.29 is 9.90 Å². The van der Waals surface area contributed by atoms with Crippen LogP contribution in [0.25, 0.3) is 0 Å². The number of amides is 2. The van der Waals surface area contributed by atoms with Crippen molar-refractivity contribution in [2.24, 2.45) is 0 Å². The summed E-state index contributed by atoms with van der Waals surface area (Å²) < 4.78 is 0. The molecule has 4 heteroatoms. The Hall–Kier alpha value is -2.33. The minimum Gasteiger partial charge on any atom is -0.396 e. The molecule has 0 aliphatic rings. The van der Waals surface area contributed by atoms with Gasteiger partial charge in [0, 0.05) is 25.6 Å². The summed E-state index contributed by atoms with van der Waals surface area (Å²) in [6.07, 6.45) is 1.41. The molecule has 0 atom stereocenters. The number of carbonyl (C=O) groups is 1. The largest absolute Gasteiger partial charge is 0.396 e. The van der Waals surface area contributed by atoms with Crippen molar-refractivity contribution in [3.8, 4) is 0 Å². The summed E-state index contributed by atoms with van der Waals surface area (Å²) in [7, 11) is 0. The van der Waals surface area contributed by atoms with Gasteiger partial charge >= 0.3 is 6.03 Å². The maximum Gasteiger partial charge on any atom is 0.314 e. The summed E-state index contributed by atoms with van der Waals surface area (Å²) in [6, 6.07) is 20.5. The zero-order valence-electron chi connectivity index (χ0n) is 13.2. The van der Waals surface area contributed by atoms with Crippen molar-refractivity contribution >= 4 is 6.03 Å². The summed E-state index contributed by atoms with van der Waals surface area (Å²) in [5.74, 6) is 0.259. The predicted molar refractivity (Wildman–Crippen MR) is 92.4 cm³/mol. The topological polar surface area (TPSA) is 61.4 Å². The molecule has 0 unspecified atom stereocenters. The van der Waals surface area contributed by atoms with Crippen LogP contribution in [0.15, 0.2) is 60.7 Å². The number of aliphatic hydroxyl groups excluding tert-OH is 1. The van der Waals surface area contributed by atoms with Crippen LogP contribution in [0.1, 0.15) is 29.9 Å². The molecular weight excluding hydrogens is 288 g/mol. The molecule has 0 aliphatic heterocycles. The van der Waals surface area contributed by atoms with Crippen molar-refractivity contribution in [3.63, 3.8) is 0 Å². The van der Waals surface area contributed by atoms with E-state index in [0.717, 1.165) is 6.42 Å². The number of rotatable bonds is 8. The third kappa shape index (κ3) is 5.75. The van der Waals surface area contributed by atoms with Gasteiger partial charge < -0.3 is 15.7 Å². The van der Waals surface area contributed by atoms with Crippen molar-refractivity contribution in [3.05, 3.63) is 71.8 Å². The highest BCUT2D eigenvalue weighted by Crippen LogP contribution is 2.27. The van der Waals surface area contributed by atoms with Crippen molar-refractivity contribution in [2.45, 2.75) is 18.8 Å². The van der Waals surface area contributed by atoms with Crippen molar-refractivity contribution in [1.29, 1.82) is 0 Å². The smallest absolute Gasteiger partial charge is 0.314 e. The van der Waals surface area contributed by atoms with E-state index < -0.39 is 0 Å².